The molecule has 0 amide bonds. The summed E-state index contributed by atoms with van der Waals surface area (Å²) in [6.07, 6.45) is 0. The molecule has 0 heterocycles. The van der Waals surface area contributed by atoms with Crippen LogP contribution in [0.4, 0.5) is 0 Å². The lowest BCUT2D eigenvalue weighted by Gasteiger charge is -2.22. The molecule has 0 fully saturated rings. The maximum absolute atomic E-state index is 6.25. The van der Waals surface area contributed by atoms with Gasteiger partial charge in [0.25, 0.3) is 0 Å². The van der Waals surface area contributed by atoms with Crippen molar-refractivity contribution in [2.75, 3.05) is 7.05 Å². The molecule has 0 radical (unpaired) electrons. The van der Waals surface area contributed by atoms with Crippen LogP contribution in [0.2, 0.25) is 5.02 Å². The zero-order valence-electron chi connectivity index (χ0n) is 12.9. The van der Waals surface area contributed by atoms with Crippen LogP contribution in [0.5, 0.6) is 0 Å². The smallest absolute Gasteiger partial charge is 0.0574 e. The van der Waals surface area contributed by atoms with E-state index < -0.39 is 0 Å². The van der Waals surface area contributed by atoms with Crippen molar-refractivity contribution in [2.24, 2.45) is 0 Å². The molecule has 1 N–H and O–H groups in total. The first kappa shape index (κ1) is 16.8. The third-order valence-electron chi connectivity index (χ3n) is 3.68. The largest absolute Gasteiger partial charge is 0.309 e. The fourth-order valence-corrected chi connectivity index (χ4v) is 2.92. The van der Waals surface area contributed by atoms with Gasteiger partial charge in [0.15, 0.2) is 0 Å². The summed E-state index contributed by atoms with van der Waals surface area (Å²) in [7, 11) is 1.98. The van der Waals surface area contributed by atoms with Crippen molar-refractivity contribution in [1.82, 2.24) is 5.32 Å². The first-order valence-electron chi connectivity index (χ1n) is 7.05. The summed E-state index contributed by atoms with van der Waals surface area (Å²) in [4.78, 5) is 0. The van der Waals surface area contributed by atoms with E-state index in [2.05, 4.69) is 85.1 Å². The van der Waals surface area contributed by atoms with Crippen LogP contribution >= 0.6 is 34.2 Å². The van der Waals surface area contributed by atoms with E-state index in [1.165, 1.54) is 16.7 Å². The maximum atomic E-state index is 6.25. The molecule has 112 valence electrons. The Bertz CT molecular complexity index is 614. The quantitative estimate of drug-likeness (QED) is 0.650. The summed E-state index contributed by atoms with van der Waals surface area (Å²) < 4.78 is 1.08. The second-order valence-corrected chi connectivity index (χ2v) is 7.84. The predicted molar refractivity (Wildman–Crippen MR) is 100 cm³/mol. The van der Waals surface area contributed by atoms with Gasteiger partial charge in [-0.3, -0.25) is 0 Å². The predicted octanol–water partition coefficient (Wildman–Crippen LogP) is 5.55. The molecule has 21 heavy (non-hydrogen) atoms. The van der Waals surface area contributed by atoms with Gasteiger partial charge in [-0.2, -0.15) is 0 Å². The normalized spacial score (nSPS) is 13.2. The third kappa shape index (κ3) is 3.99. The van der Waals surface area contributed by atoms with Gasteiger partial charge in [-0.25, -0.2) is 0 Å². The average Bonchev–Trinajstić information content (AvgIpc) is 2.43. The second-order valence-electron chi connectivity index (χ2n) is 6.27. The minimum atomic E-state index is 0.161. The van der Waals surface area contributed by atoms with E-state index in [9.17, 15) is 0 Å². The molecular weight excluding hydrogens is 393 g/mol. The second kappa shape index (κ2) is 6.67. The molecule has 0 saturated heterocycles. The fourth-order valence-electron chi connectivity index (χ4n) is 2.39. The summed E-state index contributed by atoms with van der Waals surface area (Å²) in [6, 6.07) is 15.2. The average molecular weight is 414 g/mol. The summed E-state index contributed by atoms with van der Waals surface area (Å²) in [5.41, 5.74) is 3.97. The highest BCUT2D eigenvalue weighted by Gasteiger charge is 2.16. The first-order chi connectivity index (χ1) is 9.82. The van der Waals surface area contributed by atoms with Crippen molar-refractivity contribution in [3.8, 4) is 0 Å². The molecule has 0 bridgehead atoms. The van der Waals surface area contributed by atoms with Gasteiger partial charge in [-0.1, -0.05) is 62.7 Å². The highest BCUT2D eigenvalue weighted by Crippen LogP contribution is 2.29. The summed E-state index contributed by atoms with van der Waals surface area (Å²) in [6.45, 7) is 6.70. The minimum Gasteiger partial charge on any atom is -0.309 e. The SMILES string of the molecule is CNC(c1ccc(C(C)(C)C)cc1)c1ccc(I)c(Cl)c1. The topological polar surface area (TPSA) is 12.0 Å². The minimum absolute atomic E-state index is 0.161. The van der Waals surface area contributed by atoms with Crippen LogP contribution in [0.15, 0.2) is 42.5 Å². The third-order valence-corrected chi connectivity index (χ3v) is 5.25. The Kier molecular flexibility index (Phi) is 5.33. The molecule has 0 aliphatic rings. The lowest BCUT2D eigenvalue weighted by molar-refractivity contribution is 0.589. The summed E-state index contributed by atoms with van der Waals surface area (Å²) in [5.74, 6) is 0. The van der Waals surface area contributed by atoms with Gasteiger partial charge in [0, 0.05) is 3.57 Å². The molecule has 0 saturated carbocycles. The molecule has 0 spiro atoms. The van der Waals surface area contributed by atoms with Crippen LogP contribution in [0.3, 0.4) is 0 Å². The van der Waals surface area contributed by atoms with Crippen molar-refractivity contribution in [1.29, 1.82) is 0 Å². The molecule has 2 rings (SSSR count). The number of halogens is 2. The number of hydrogen-bond donors (Lipinski definition) is 1. The van der Waals surface area contributed by atoms with Crippen molar-refractivity contribution in [3.63, 3.8) is 0 Å². The van der Waals surface area contributed by atoms with E-state index in [4.69, 9.17) is 11.6 Å². The highest BCUT2D eigenvalue weighted by atomic mass is 127. The zero-order valence-corrected chi connectivity index (χ0v) is 15.8. The van der Waals surface area contributed by atoms with Gasteiger partial charge in [0.2, 0.25) is 0 Å². The molecule has 0 aromatic heterocycles. The number of rotatable bonds is 3. The molecule has 1 unspecified atom stereocenters. The van der Waals surface area contributed by atoms with Crippen molar-refractivity contribution in [2.45, 2.75) is 32.2 Å². The number of nitrogens with one attached hydrogen (secondary N) is 1. The van der Waals surface area contributed by atoms with Crippen LogP contribution in [-0.2, 0) is 5.41 Å². The monoisotopic (exact) mass is 413 g/mol. The summed E-state index contributed by atoms with van der Waals surface area (Å²) in [5, 5.41) is 4.18. The van der Waals surface area contributed by atoms with E-state index in [0.29, 0.717) is 0 Å². The molecule has 3 heteroatoms. The zero-order chi connectivity index (χ0) is 15.6. The van der Waals surface area contributed by atoms with Gasteiger partial charge in [-0.05, 0) is 63.9 Å². The maximum Gasteiger partial charge on any atom is 0.0574 e. The van der Waals surface area contributed by atoms with E-state index >= 15 is 0 Å². The molecule has 2 aromatic carbocycles. The Balaban J connectivity index is 2.35. The lowest BCUT2D eigenvalue weighted by atomic mass is 9.86. The van der Waals surface area contributed by atoms with Crippen molar-refractivity contribution >= 4 is 34.2 Å². The van der Waals surface area contributed by atoms with Crippen LogP contribution in [-0.4, -0.2) is 7.05 Å². The molecule has 2 aromatic rings. The summed E-state index contributed by atoms with van der Waals surface area (Å²) >= 11 is 8.50. The standard InChI is InChI=1S/C18H21ClIN/c1-18(2,3)14-8-5-12(6-9-14)17(21-4)13-7-10-16(20)15(19)11-13/h5-11,17,21H,1-4H3. The van der Waals surface area contributed by atoms with Crippen molar-refractivity contribution < 1.29 is 0 Å². The first-order valence-corrected chi connectivity index (χ1v) is 8.51. The van der Waals surface area contributed by atoms with Gasteiger partial charge < -0.3 is 5.32 Å². The Morgan fingerprint density at radius 3 is 2.05 bits per heavy atom. The van der Waals surface area contributed by atoms with Crippen LogP contribution < -0.4 is 5.32 Å². The number of hydrogen-bond acceptors (Lipinski definition) is 1. The van der Waals surface area contributed by atoms with E-state index in [-0.39, 0.29) is 11.5 Å². The van der Waals surface area contributed by atoms with Crippen LogP contribution in [0, 0.1) is 3.57 Å². The van der Waals surface area contributed by atoms with Gasteiger partial charge >= 0.3 is 0 Å². The lowest BCUT2D eigenvalue weighted by Crippen LogP contribution is -2.18. The van der Waals surface area contributed by atoms with Gasteiger partial charge in [0.05, 0.1) is 11.1 Å². The van der Waals surface area contributed by atoms with E-state index in [1.807, 2.05) is 13.1 Å². The molecule has 0 aliphatic heterocycles. The van der Waals surface area contributed by atoms with E-state index in [0.717, 1.165) is 8.59 Å². The fraction of sp³-hybridized carbons (Fsp3) is 0.333. The molecule has 1 nitrogen and oxygen atoms in total. The Morgan fingerprint density at radius 2 is 1.57 bits per heavy atom. The van der Waals surface area contributed by atoms with E-state index in [1.54, 1.807) is 0 Å². The number of benzene rings is 2. The Hall–Kier alpha value is -0.580. The van der Waals surface area contributed by atoms with Crippen LogP contribution in [0.25, 0.3) is 0 Å². The van der Waals surface area contributed by atoms with Crippen LogP contribution in [0.1, 0.15) is 43.5 Å². The molecule has 1 atom stereocenters. The van der Waals surface area contributed by atoms with Crippen molar-refractivity contribution in [3.05, 3.63) is 67.7 Å². The Morgan fingerprint density at radius 1 is 1.00 bits per heavy atom. The molecule has 0 aliphatic carbocycles. The van der Waals surface area contributed by atoms with Gasteiger partial charge in [0.1, 0.15) is 0 Å². The highest BCUT2D eigenvalue weighted by molar-refractivity contribution is 14.1. The Labute approximate surface area is 146 Å². The van der Waals surface area contributed by atoms with Gasteiger partial charge in [-0.15, -0.1) is 0 Å². The molecular formula is C18H21ClIN.